The van der Waals surface area contributed by atoms with Crippen LogP contribution in [0.25, 0.3) is 0 Å². The van der Waals surface area contributed by atoms with Gasteiger partial charge in [0.1, 0.15) is 5.60 Å². The molecule has 0 aliphatic rings. The van der Waals surface area contributed by atoms with Crippen molar-refractivity contribution < 1.29 is 9.26 Å². The van der Waals surface area contributed by atoms with Crippen LogP contribution in [0, 0.1) is 0 Å². The van der Waals surface area contributed by atoms with E-state index in [1.165, 1.54) is 0 Å². The Balaban J connectivity index is 2.78. The van der Waals surface area contributed by atoms with Gasteiger partial charge in [-0.15, -0.1) is 0 Å². The average molecular weight is 297 g/mol. The van der Waals surface area contributed by atoms with Crippen LogP contribution in [-0.4, -0.2) is 29.3 Å². The van der Waals surface area contributed by atoms with Crippen molar-refractivity contribution in [1.29, 1.82) is 0 Å². The van der Waals surface area contributed by atoms with E-state index in [2.05, 4.69) is 43.2 Å². The molecule has 1 atom stereocenters. The Hall–Kier alpha value is -0.940. The molecule has 1 heterocycles. The molecule has 1 N–H and O–H groups in total. The van der Waals surface area contributed by atoms with E-state index in [0.29, 0.717) is 24.4 Å². The van der Waals surface area contributed by atoms with Gasteiger partial charge in [-0.25, -0.2) is 0 Å². The van der Waals surface area contributed by atoms with E-state index in [-0.39, 0.29) is 0 Å². The molecule has 0 radical (unpaired) electrons. The quantitative estimate of drug-likeness (QED) is 0.678. The standard InChI is InChI=1S/C16H31N3O2/c1-6-11-17-13(7-2)12-14-18-15(19-21-14)16(8-3,9-4)20-10-5/h13,17H,6-12H2,1-5H3. The number of hydrogen-bond acceptors (Lipinski definition) is 5. The molecule has 0 aliphatic carbocycles. The predicted molar refractivity (Wildman–Crippen MR) is 84.3 cm³/mol. The molecule has 0 aliphatic heterocycles. The van der Waals surface area contributed by atoms with Gasteiger partial charge in [-0.1, -0.05) is 32.9 Å². The van der Waals surface area contributed by atoms with Crippen LogP contribution >= 0.6 is 0 Å². The highest BCUT2D eigenvalue weighted by Gasteiger charge is 2.34. The Bertz CT molecular complexity index is 389. The SMILES string of the molecule is CCCNC(CC)Cc1nc(C(CC)(CC)OCC)no1. The smallest absolute Gasteiger partial charge is 0.228 e. The molecule has 21 heavy (non-hydrogen) atoms. The van der Waals surface area contributed by atoms with Crippen LogP contribution < -0.4 is 5.32 Å². The van der Waals surface area contributed by atoms with Gasteiger partial charge < -0.3 is 14.6 Å². The lowest BCUT2D eigenvalue weighted by molar-refractivity contribution is -0.0583. The maximum Gasteiger partial charge on any atom is 0.228 e. The fourth-order valence-electron chi connectivity index (χ4n) is 2.55. The fourth-order valence-corrected chi connectivity index (χ4v) is 2.55. The second kappa shape index (κ2) is 9.15. The van der Waals surface area contributed by atoms with Crippen LogP contribution in [0.5, 0.6) is 0 Å². The molecule has 1 aromatic heterocycles. The van der Waals surface area contributed by atoms with Crippen LogP contribution in [0.4, 0.5) is 0 Å². The summed E-state index contributed by atoms with van der Waals surface area (Å²) in [5, 5.41) is 7.69. The first kappa shape index (κ1) is 18.1. The summed E-state index contributed by atoms with van der Waals surface area (Å²) in [5.41, 5.74) is -0.408. The van der Waals surface area contributed by atoms with E-state index < -0.39 is 5.60 Å². The zero-order valence-corrected chi connectivity index (χ0v) is 14.2. The van der Waals surface area contributed by atoms with Crippen molar-refractivity contribution in [3.63, 3.8) is 0 Å². The first-order valence-corrected chi connectivity index (χ1v) is 8.36. The Morgan fingerprint density at radius 1 is 1.19 bits per heavy atom. The molecule has 0 aromatic carbocycles. The van der Waals surface area contributed by atoms with Crippen LogP contribution in [0.15, 0.2) is 4.52 Å². The molecule has 0 spiro atoms. The van der Waals surface area contributed by atoms with Crippen molar-refractivity contribution in [2.45, 2.75) is 78.4 Å². The summed E-state index contributed by atoms with van der Waals surface area (Å²) in [6, 6.07) is 0.392. The Kier molecular flexibility index (Phi) is 7.89. The van der Waals surface area contributed by atoms with Crippen LogP contribution in [0.1, 0.15) is 72.0 Å². The van der Waals surface area contributed by atoms with Gasteiger partial charge in [0, 0.05) is 19.1 Å². The Morgan fingerprint density at radius 2 is 1.90 bits per heavy atom. The summed E-state index contributed by atoms with van der Waals surface area (Å²) in [5.74, 6) is 1.39. The van der Waals surface area contributed by atoms with Gasteiger partial charge in [0.15, 0.2) is 0 Å². The molecule has 1 aromatic rings. The Morgan fingerprint density at radius 3 is 2.43 bits per heavy atom. The number of nitrogens with zero attached hydrogens (tertiary/aromatic N) is 2. The summed E-state index contributed by atoms with van der Waals surface area (Å²) in [6.07, 6.45) is 4.66. The van der Waals surface area contributed by atoms with E-state index in [1.54, 1.807) is 0 Å². The van der Waals surface area contributed by atoms with Gasteiger partial charge in [-0.2, -0.15) is 4.98 Å². The predicted octanol–water partition coefficient (Wildman–Crippen LogP) is 3.44. The lowest BCUT2D eigenvalue weighted by Crippen LogP contribution is -2.31. The molecule has 0 saturated heterocycles. The largest absolute Gasteiger partial charge is 0.367 e. The maximum absolute atomic E-state index is 5.92. The molecule has 0 bridgehead atoms. The van der Waals surface area contributed by atoms with Crippen molar-refractivity contribution in [2.75, 3.05) is 13.2 Å². The molecule has 0 saturated carbocycles. The molecular formula is C16H31N3O2. The number of aromatic nitrogens is 2. The van der Waals surface area contributed by atoms with Gasteiger partial charge in [-0.05, 0) is 39.2 Å². The first-order chi connectivity index (χ1) is 10.2. The fraction of sp³-hybridized carbons (Fsp3) is 0.875. The summed E-state index contributed by atoms with van der Waals surface area (Å²) < 4.78 is 11.4. The van der Waals surface area contributed by atoms with E-state index in [4.69, 9.17) is 9.26 Å². The summed E-state index contributed by atoms with van der Waals surface area (Å²) in [4.78, 5) is 4.60. The lowest BCUT2D eigenvalue weighted by Gasteiger charge is -2.27. The summed E-state index contributed by atoms with van der Waals surface area (Å²) in [7, 11) is 0. The van der Waals surface area contributed by atoms with Crippen molar-refractivity contribution in [3.05, 3.63) is 11.7 Å². The number of hydrogen-bond donors (Lipinski definition) is 1. The summed E-state index contributed by atoms with van der Waals surface area (Å²) >= 11 is 0. The number of ether oxygens (including phenoxy) is 1. The van der Waals surface area contributed by atoms with E-state index >= 15 is 0 Å². The van der Waals surface area contributed by atoms with Crippen molar-refractivity contribution in [2.24, 2.45) is 0 Å². The third-order valence-corrected chi connectivity index (χ3v) is 4.04. The third kappa shape index (κ3) is 4.78. The molecule has 1 unspecified atom stereocenters. The van der Waals surface area contributed by atoms with Gasteiger partial charge in [0.2, 0.25) is 11.7 Å². The van der Waals surface area contributed by atoms with Crippen molar-refractivity contribution >= 4 is 0 Å². The molecule has 5 nitrogen and oxygen atoms in total. The first-order valence-electron chi connectivity index (χ1n) is 8.36. The topological polar surface area (TPSA) is 60.2 Å². The Labute approximate surface area is 128 Å². The van der Waals surface area contributed by atoms with Crippen molar-refractivity contribution in [3.8, 4) is 0 Å². The van der Waals surface area contributed by atoms with E-state index in [1.807, 2.05) is 6.92 Å². The van der Waals surface area contributed by atoms with Crippen LogP contribution in [-0.2, 0) is 16.8 Å². The van der Waals surface area contributed by atoms with Gasteiger partial charge in [-0.3, -0.25) is 0 Å². The number of rotatable bonds is 11. The minimum Gasteiger partial charge on any atom is -0.367 e. The minimum atomic E-state index is -0.408. The maximum atomic E-state index is 5.92. The third-order valence-electron chi connectivity index (χ3n) is 4.04. The summed E-state index contributed by atoms with van der Waals surface area (Å²) in [6.45, 7) is 12.2. The number of nitrogens with one attached hydrogen (secondary N) is 1. The highest BCUT2D eigenvalue weighted by Crippen LogP contribution is 2.31. The van der Waals surface area contributed by atoms with Gasteiger partial charge in [0.25, 0.3) is 0 Å². The van der Waals surface area contributed by atoms with E-state index in [0.717, 1.165) is 38.6 Å². The minimum absolute atomic E-state index is 0.392. The molecule has 5 heteroatoms. The van der Waals surface area contributed by atoms with Crippen LogP contribution in [0.3, 0.4) is 0 Å². The molecule has 1 rings (SSSR count). The molecular weight excluding hydrogens is 266 g/mol. The van der Waals surface area contributed by atoms with Gasteiger partial charge in [0.05, 0.1) is 0 Å². The van der Waals surface area contributed by atoms with Crippen molar-refractivity contribution in [1.82, 2.24) is 15.5 Å². The molecule has 122 valence electrons. The lowest BCUT2D eigenvalue weighted by atomic mass is 9.96. The second-order valence-electron chi connectivity index (χ2n) is 5.41. The zero-order valence-electron chi connectivity index (χ0n) is 14.2. The van der Waals surface area contributed by atoms with Crippen LogP contribution in [0.2, 0.25) is 0 Å². The normalized spacial score (nSPS) is 13.6. The second-order valence-corrected chi connectivity index (χ2v) is 5.41. The zero-order chi connectivity index (χ0) is 15.7. The highest BCUT2D eigenvalue weighted by atomic mass is 16.5. The average Bonchev–Trinajstić information content (AvgIpc) is 2.98. The molecule has 0 fully saturated rings. The molecule has 0 amide bonds. The van der Waals surface area contributed by atoms with Gasteiger partial charge >= 0.3 is 0 Å². The highest BCUT2D eigenvalue weighted by molar-refractivity contribution is 5.01. The van der Waals surface area contributed by atoms with E-state index in [9.17, 15) is 0 Å². The monoisotopic (exact) mass is 297 g/mol.